The molecule has 0 aliphatic carbocycles. The number of halogens is 1. The van der Waals surface area contributed by atoms with Crippen molar-refractivity contribution in [3.63, 3.8) is 0 Å². The first-order chi connectivity index (χ1) is 17.0. The fourth-order valence-electron chi connectivity index (χ4n) is 4.84. The van der Waals surface area contributed by atoms with Gasteiger partial charge in [-0.15, -0.1) is 22.5 Å². The van der Waals surface area contributed by atoms with Crippen LogP contribution in [0.1, 0.15) is 46.9 Å². The molecule has 1 fully saturated rings. The van der Waals surface area contributed by atoms with Gasteiger partial charge >= 0.3 is 5.97 Å². The second kappa shape index (κ2) is 13.4. The summed E-state index contributed by atoms with van der Waals surface area (Å²) in [6.45, 7) is 6.50. The zero-order valence-electron chi connectivity index (χ0n) is 20.3. The summed E-state index contributed by atoms with van der Waals surface area (Å²) in [5.74, 6) is -0.576. The monoisotopic (exact) mass is 520 g/mol. The van der Waals surface area contributed by atoms with Crippen molar-refractivity contribution in [2.75, 3.05) is 52.5 Å². The number of hydrogen-bond acceptors (Lipinski definition) is 8. The highest BCUT2D eigenvalue weighted by atomic mass is 35.5. The minimum atomic E-state index is -0.751. The molecule has 1 unspecified atom stereocenters. The predicted molar refractivity (Wildman–Crippen MR) is 135 cm³/mol. The number of rotatable bonds is 12. The molecule has 11 heteroatoms. The van der Waals surface area contributed by atoms with Crippen LogP contribution in [0.2, 0.25) is 0 Å². The van der Waals surface area contributed by atoms with Crippen molar-refractivity contribution in [2.24, 2.45) is 0 Å². The van der Waals surface area contributed by atoms with Crippen LogP contribution in [0.5, 0.6) is 0 Å². The lowest BCUT2D eigenvalue weighted by Gasteiger charge is -2.34. The van der Waals surface area contributed by atoms with Crippen molar-refractivity contribution in [1.82, 2.24) is 14.4 Å². The summed E-state index contributed by atoms with van der Waals surface area (Å²) in [7, 11) is 0. The first kappa shape index (κ1) is 27.6. The maximum absolute atomic E-state index is 12.8. The van der Waals surface area contributed by atoms with Gasteiger partial charge in [-0.3, -0.25) is 9.59 Å². The van der Waals surface area contributed by atoms with Crippen LogP contribution in [0.25, 0.3) is 0 Å². The Balaban J connectivity index is 0.00000361. The van der Waals surface area contributed by atoms with Crippen molar-refractivity contribution < 1.29 is 24.3 Å². The maximum atomic E-state index is 12.8. The quantitative estimate of drug-likeness (QED) is 0.138. The van der Waals surface area contributed by atoms with Crippen LogP contribution >= 0.6 is 12.4 Å². The highest BCUT2D eigenvalue weighted by Crippen LogP contribution is 2.32. The Morgan fingerprint density at radius 2 is 1.56 bits per heavy atom. The normalized spacial score (nSPS) is 17.7. The topological polar surface area (TPSA) is 107 Å². The minimum Gasteiger partial charge on any atom is -0.465 e. The van der Waals surface area contributed by atoms with Gasteiger partial charge < -0.3 is 23.9 Å². The summed E-state index contributed by atoms with van der Waals surface area (Å²) >= 11 is 0. The van der Waals surface area contributed by atoms with Crippen molar-refractivity contribution >= 4 is 24.2 Å². The first-order valence-electron chi connectivity index (χ1n) is 12.2. The number of aromatic nitrogens is 1. The van der Waals surface area contributed by atoms with E-state index in [-0.39, 0.29) is 36.7 Å². The molecule has 1 atom stereocenters. The minimum absolute atomic E-state index is 0. The summed E-state index contributed by atoms with van der Waals surface area (Å²) < 4.78 is 7.54. The van der Waals surface area contributed by atoms with Crippen LogP contribution in [0, 0.1) is 10.1 Å². The number of nitrogens with zero attached hydrogens (tertiary/aromatic N) is 4. The van der Waals surface area contributed by atoms with Gasteiger partial charge in [0.05, 0.1) is 24.8 Å². The number of esters is 1. The number of piperazine rings is 1. The second-order valence-electron chi connectivity index (χ2n) is 8.95. The Morgan fingerprint density at radius 1 is 0.917 bits per heavy atom. The van der Waals surface area contributed by atoms with Gasteiger partial charge in [-0.2, -0.15) is 0 Å². The maximum Gasteiger partial charge on any atom is 0.315 e. The average Bonchev–Trinajstić information content (AvgIpc) is 3.48. The van der Waals surface area contributed by atoms with Crippen LogP contribution in [-0.4, -0.2) is 83.7 Å². The first-order valence-corrected chi connectivity index (χ1v) is 12.2. The van der Waals surface area contributed by atoms with E-state index in [9.17, 15) is 19.7 Å². The smallest absolute Gasteiger partial charge is 0.315 e. The van der Waals surface area contributed by atoms with Crippen LogP contribution in [0.4, 0.5) is 0 Å². The summed E-state index contributed by atoms with van der Waals surface area (Å²) in [5.41, 5.74) is 2.11. The molecule has 2 aliphatic heterocycles. The number of fused-ring (bicyclic) bond motifs is 1. The van der Waals surface area contributed by atoms with E-state index >= 15 is 0 Å². The van der Waals surface area contributed by atoms with Crippen molar-refractivity contribution in [1.29, 1.82) is 0 Å². The lowest BCUT2D eigenvalue weighted by molar-refractivity contribution is -0.757. The molecule has 10 nitrogen and oxygen atoms in total. The van der Waals surface area contributed by atoms with Gasteiger partial charge in [-0.25, -0.2) is 0 Å². The molecule has 1 saturated heterocycles. The van der Waals surface area contributed by atoms with Gasteiger partial charge in [0.2, 0.25) is 5.78 Å². The van der Waals surface area contributed by atoms with Gasteiger partial charge in [0.15, 0.2) is 0 Å². The van der Waals surface area contributed by atoms with Crippen molar-refractivity contribution in [3.05, 3.63) is 69.5 Å². The Hall–Kier alpha value is -2.95. The van der Waals surface area contributed by atoms with Crippen LogP contribution in [0.15, 0.2) is 42.5 Å². The highest BCUT2D eigenvalue weighted by molar-refractivity contribution is 6.08. The molecule has 1 aromatic carbocycles. The third-order valence-electron chi connectivity index (χ3n) is 6.71. The number of hydrogen-bond donors (Lipinski definition) is 0. The third-order valence-corrected chi connectivity index (χ3v) is 6.71. The summed E-state index contributed by atoms with van der Waals surface area (Å²) in [6, 6.07) is 12.9. The van der Waals surface area contributed by atoms with Crippen LogP contribution < -0.4 is 0 Å². The van der Waals surface area contributed by atoms with Gasteiger partial charge in [-0.1, -0.05) is 30.3 Å². The number of carbonyl (C=O) groups is 2. The molecule has 0 radical (unpaired) electrons. The number of carbonyl (C=O) groups excluding carboxylic acids is 2. The molecule has 0 bridgehead atoms. The standard InChI is InChI=1S/C25H32N4O6.ClH/c30-24(20-6-2-1-3-7-20)23-9-8-22-21(10-13-28(22)23)25(31)34-18-4-11-26-14-16-27(17-15-26)12-5-19-35-29(32)33;/h1-3,6-9,21H,4-5,10-19H2;1H. The number of benzene rings is 1. The Morgan fingerprint density at radius 3 is 2.19 bits per heavy atom. The third kappa shape index (κ3) is 7.05. The molecule has 1 aromatic heterocycles. The molecule has 2 aliphatic rings. The van der Waals surface area contributed by atoms with Crippen LogP contribution in [0.3, 0.4) is 0 Å². The molecular formula is C25H33ClN4O6. The molecule has 0 saturated carbocycles. The van der Waals surface area contributed by atoms with Gasteiger partial charge in [0.25, 0.3) is 5.09 Å². The Labute approximate surface area is 216 Å². The summed E-state index contributed by atoms with van der Waals surface area (Å²) in [5, 5.41) is 9.43. The molecule has 0 N–H and O–H groups in total. The van der Waals surface area contributed by atoms with Crippen molar-refractivity contribution in [3.8, 4) is 0 Å². The van der Waals surface area contributed by atoms with E-state index in [0.717, 1.165) is 51.4 Å². The lowest BCUT2D eigenvalue weighted by Crippen LogP contribution is -2.47. The number of ketones is 1. The van der Waals surface area contributed by atoms with E-state index in [4.69, 9.17) is 4.74 Å². The van der Waals surface area contributed by atoms with E-state index in [1.807, 2.05) is 28.8 Å². The molecule has 4 rings (SSSR count). The molecule has 2 aromatic rings. The average molecular weight is 521 g/mol. The Bertz CT molecular complexity index is 1020. The Kier molecular flexibility index (Phi) is 10.3. The van der Waals surface area contributed by atoms with E-state index in [2.05, 4.69) is 14.6 Å². The highest BCUT2D eigenvalue weighted by Gasteiger charge is 2.33. The zero-order valence-corrected chi connectivity index (χ0v) is 21.1. The van der Waals surface area contributed by atoms with E-state index in [0.29, 0.717) is 37.3 Å². The van der Waals surface area contributed by atoms with E-state index in [1.54, 1.807) is 18.2 Å². The van der Waals surface area contributed by atoms with E-state index in [1.165, 1.54) is 0 Å². The van der Waals surface area contributed by atoms with E-state index < -0.39 is 5.09 Å². The lowest BCUT2D eigenvalue weighted by atomic mass is 10.1. The molecule has 0 spiro atoms. The summed E-state index contributed by atoms with van der Waals surface area (Å²) in [4.78, 5) is 44.7. The molecule has 0 amide bonds. The predicted octanol–water partition coefficient (Wildman–Crippen LogP) is 2.78. The fourth-order valence-corrected chi connectivity index (χ4v) is 4.84. The zero-order chi connectivity index (χ0) is 24.6. The largest absolute Gasteiger partial charge is 0.465 e. The van der Waals surface area contributed by atoms with Gasteiger partial charge in [0.1, 0.15) is 0 Å². The van der Waals surface area contributed by atoms with Gasteiger partial charge in [0, 0.05) is 57.1 Å². The number of ether oxygens (including phenoxy) is 1. The molecule has 3 heterocycles. The SMILES string of the molecule is Cl.O=C(c1ccccc1)c1ccc2n1CCC2C(=O)OCCCN1CCN(CCCO[N+](=O)[O-])CC1. The summed E-state index contributed by atoms with van der Waals surface area (Å²) in [6.07, 6.45) is 2.07. The van der Waals surface area contributed by atoms with Crippen molar-refractivity contribution in [2.45, 2.75) is 31.7 Å². The molecule has 196 valence electrons. The van der Waals surface area contributed by atoms with Crippen LogP contribution in [-0.2, 0) is 20.9 Å². The second-order valence-corrected chi connectivity index (χ2v) is 8.95. The molecule has 36 heavy (non-hydrogen) atoms. The molecular weight excluding hydrogens is 488 g/mol. The van der Waals surface area contributed by atoms with Gasteiger partial charge in [-0.05, 0) is 31.4 Å². The fraction of sp³-hybridized carbons (Fsp3) is 0.520.